The number of hydrogen-bond donors (Lipinski definition) is 1. The van der Waals surface area contributed by atoms with Gasteiger partial charge in [-0.2, -0.15) is 0 Å². The standard InChI is InChI=1S/C12H14FNO/c1-14-6-2-3-11-7-9-4-5-10(13)8-12(9)15-11/h4-5,7-8,14H,2-3,6H2,1H3. The minimum Gasteiger partial charge on any atom is -0.461 e. The molecule has 0 amide bonds. The second-order valence-electron chi connectivity index (χ2n) is 3.60. The van der Waals surface area contributed by atoms with Gasteiger partial charge in [0.25, 0.3) is 0 Å². The first-order valence-corrected chi connectivity index (χ1v) is 5.12. The molecule has 0 aliphatic heterocycles. The van der Waals surface area contributed by atoms with Crippen molar-refractivity contribution in [2.24, 2.45) is 0 Å². The molecule has 0 saturated carbocycles. The normalized spacial score (nSPS) is 11.1. The van der Waals surface area contributed by atoms with Crippen molar-refractivity contribution in [1.29, 1.82) is 0 Å². The van der Waals surface area contributed by atoms with E-state index in [1.807, 2.05) is 13.1 Å². The SMILES string of the molecule is CNCCCc1cc2ccc(F)cc2o1. The number of fused-ring (bicyclic) bond motifs is 1. The van der Waals surface area contributed by atoms with E-state index in [0.29, 0.717) is 5.58 Å². The molecule has 0 spiro atoms. The monoisotopic (exact) mass is 207 g/mol. The third-order valence-corrected chi connectivity index (χ3v) is 2.38. The Morgan fingerprint density at radius 2 is 2.20 bits per heavy atom. The summed E-state index contributed by atoms with van der Waals surface area (Å²) in [6.07, 6.45) is 1.91. The van der Waals surface area contributed by atoms with Crippen LogP contribution in [0.25, 0.3) is 11.0 Å². The summed E-state index contributed by atoms with van der Waals surface area (Å²) >= 11 is 0. The third-order valence-electron chi connectivity index (χ3n) is 2.38. The highest BCUT2D eigenvalue weighted by Gasteiger charge is 2.04. The van der Waals surface area contributed by atoms with Crippen LogP contribution >= 0.6 is 0 Å². The highest BCUT2D eigenvalue weighted by molar-refractivity contribution is 5.77. The van der Waals surface area contributed by atoms with Crippen LogP contribution in [0.5, 0.6) is 0 Å². The second kappa shape index (κ2) is 4.45. The minimum absolute atomic E-state index is 0.251. The molecular formula is C12H14FNO. The first-order valence-electron chi connectivity index (χ1n) is 5.12. The average molecular weight is 207 g/mol. The van der Waals surface area contributed by atoms with Crippen LogP contribution < -0.4 is 5.32 Å². The summed E-state index contributed by atoms with van der Waals surface area (Å²) in [5, 5.41) is 4.05. The molecule has 0 unspecified atom stereocenters. The highest BCUT2D eigenvalue weighted by Crippen LogP contribution is 2.20. The fourth-order valence-corrected chi connectivity index (χ4v) is 1.62. The Bertz CT molecular complexity index is 450. The molecule has 3 heteroatoms. The number of halogens is 1. The summed E-state index contributed by atoms with van der Waals surface area (Å²) in [7, 11) is 1.92. The lowest BCUT2D eigenvalue weighted by atomic mass is 10.2. The maximum atomic E-state index is 12.9. The van der Waals surface area contributed by atoms with Crippen LogP contribution in [0, 0.1) is 5.82 Å². The van der Waals surface area contributed by atoms with Crippen LogP contribution in [0.15, 0.2) is 28.7 Å². The fourth-order valence-electron chi connectivity index (χ4n) is 1.62. The zero-order valence-electron chi connectivity index (χ0n) is 8.72. The predicted octanol–water partition coefficient (Wildman–Crippen LogP) is 2.72. The van der Waals surface area contributed by atoms with Crippen molar-refractivity contribution in [2.75, 3.05) is 13.6 Å². The van der Waals surface area contributed by atoms with Gasteiger partial charge in [-0.05, 0) is 38.2 Å². The molecule has 1 heterocycles. The summed E-state index contributed by atoms with van der Waals surface area (Å²) in [5.41, 5.74) is 0.634. The molecule has 1 N–H and O–H groups in total. The summed E-state index contributed by atoms with van der Waals surface area (Å²) in [6, 6.07) is 6.60. The molecule has 0 aliphatic rings. The minimum atomic E-state index is -0.251. The smallest absolute Gasteiger partial charge is 0.137 e. The van der Waals surface area contributed by atoms with E-state index in [4.69, 9.17) is 4.42 Å². The topological polar surface area (TPSA) is 25.2 Å². The van der Waals surface area contributed by atoms with Gasteiger partial charge in [0.2, 0.25) is 0 Å². The van der Waals surface area contributed by atoms with E-state index in [1.165, 1.54) is 12.1 Å². The third kappa shape index (κ3) is 2.36. The van der Waals surface area contributed by atoms with Gasteiger partial charge >= 0.3 is 0 Å². The van der Waals surface area contributed by atoms with Crippen LogP contribution in [0.1, 0.15) is 12.2 Å². The van der Waals surface area contributed by atoms with E-state index in [1.54, 1.807) is 6.07 Å². The number of nitrogens with one attached hydrogen (secondary N) is 1. The van der Waals surface area contributed by atoms with Crippen LogP contribution in [0.2, 0.25) is 0 Å². The first-order chi connectivity index (χ1) is 7.29. The van der Waals surface area contributed by atoms with E-state index < -0.39 is 0 Å². The molecule has 1 aromatic carbocycles. The molecule has 15 heavy (non-hydrogen) atoms. The van der Waals surface area contributed by atoms with Gasteiger partial charge in [0.1, 0.15) is 17.2 Å². The molecule has 0 fully saturated rings. The van der Waals surface area contributed by atoms with Gasteiger partial charge in [-0.1, -0.05) is 0 Å². The van der Waals surface area contributed by atoms with Crippen molar-refractivity contribution in [3.8, 4) is 0 Å². The van der Waals surface area contributed by atoms with Crippen LogP contribution in [0.3, 0.4) is 0 Å². The van der Waals surface area contributed by atoms with Crippen molar-refractivity contribution in [3.63, 3.8) is 0 Å². The maximum Gasteiger partial charge on any atom is 0.137 e. The summed E-state index contributed by atoms with van der Waals surface area (Å²) in [4.78, 5) is 0. The molecule has 2 aromatic rings. The fraction of sp³-hybridized carbons (Fsp3) is 0.333. The van der Waals surface area contributed by atoms with Crippen molar-refractivity contribution in [2.45, 2.75) is 12.8 Å². The predicted molar refractivity (Wildman–Crippen MR) is 58.4 cm³/mol. The van der Waals surface area contributed by atoms with Crippen molar-refractivity contribution in [3.05, 3.63) is 35.8 Å². The van der Waals surface area contributed by atoms with Crippen molar-refractivity contribution >= 4 is 11.0 Å². The quantitative estimate of drug-likeness (QED) is 0.780. The second-order valence-corrected chi connectivity index (χ2v) is 3.60. The van der Waals surface area contributed by atoms with Gasteiger partial charge in [0.15, 0.2) is 0 Å². The molecule has 0 bridgehead atoms. The molecular weight excluding hydrogens is 193 g/mol. The maximum absolute atomic E-state index is 12.9. The first kappa shape index (κ1) is 10.2. The molecule has 80 valence electrons. The zero-order chi connectivity index (χ0) is 10.7. The number of aryl methyl sites for hydroxylation is 1. The largest absolute Gasteiger partial charge is 0.461 e. The van der Waals surface area contributed by atoms with Gasteiger partial charge in [-0.25, -0.2) is 4.39 Å². The molecule has 0 aliphatic carbocycles. The lowest BCUT2D eigenvalue weighted by molar-refractivity contribution is 0.531. The molecule has 0 saturated heterocycles. The Morgan fingerprint density at radius 1 is 1.33 bits per heavy atom. The van der Waals surface area contributed by atoms with Gasteiger partial charge in [-0.15, -0.1) is 0 Å². The van der Waals surface area contributed by atoms with Crippen LogP contribution in [0.4, 0.5) is 4.39 Å². The Kier molecular flexibility index (Phi) is 3.02. The van der Waals surface area contributed by atoms with Crippen molar-refractivity contribution < 1.29 is 8.81 Å². The molecule has 2 rings (SSSR count). The molecule has 1 aromatic heterocycles. The lowest BCUT2D eigenvalue weighted by Crippen LogP contribution is -2.07. The molecule has 2 nitrogen and oxygen atoms in total. The number of rotatable bonds is 4. The number of hydrogen-bond acceptors (Lipinski definition) is 2. The van der Waals surface area contributed by atoms with E-state index >= 15 is 0 Å². The Morgan fingerprint density at radius 3 is 3.00 bits per heavy atom. The van der Waals surface area contributed by atoms with Crippen molar-refractivity contribution in [1.82, 2.24) is 5.32 Å². The molecule has 0 radical (unpaired) electrons. The zero-order valence-corrected chi connectivity index (χ0v) is 8.72. The van der Waals surface area contributed by atoms with Gasteiger partial charge < -0.3 is 9.73 Å². The number of benzene rings is 1. The van der Waals surface area contributed by atoms with E-state index in [-0.39, 0.29) is 5.82 Å². The highest BCUT2D eigenvalue weighted by atomic mass is 19.1. The van der Waals surface area contributed by atoms with E-state index in [0.717, 1.165) is 30.5 Å². The number of furan rings is 1. The van der Waals surface area contributed by atoms with E-state index in [2.05, 4.69) is 5.32 Å². The summed E-state index contributed by atoms with van der Waals surface area (Å²) in [6.45, 7) is 0.964. The Hall–Kier alpha value is -1.35. The Labute approximate surface area is 88.1 Å². The average Bonchev–Trinajstić information content (AvgIpc) is 2.60. The van der Waals surface area contributed by atoms with Gasteiger partial charge in [-0.3, -0.25) is 0 Å². The lowest BCUT2D eigenvalue weighted by Gasteiger charge is -1.95. The van der Waals surface area contributed by atoms with Crippen LogP contribution in [-0.4, -0.2) is 13.6 Å². The summed E-state index contributed by atoms with van der Waals surface area (Å²) < 4.78 is 18.4. The van der Waals surface area contributed by atoms with E-state index in [9.17, 15) is 4.39 Å². The van der Waals surface area contributed by atoms with Gasteiger partial charge in [0, 0.05) is 17.9 Å². The summed E-state index contributed by atoms with van der Waals surface area (Å²) in [5.74, 6) is 0.671. The Balaban J connectivity index is 2.16. The van der Waals surface area contributed by atoms with Gasteiger partial charge in [0.05, 0.1) is 0 Å². The van der Waals surface area contributed by atoms with Crippen LogP contribution in [-0.2, 0) is 6.42 Å². The molecule has 0 atom stereocenters.